The molecule has 0 aliphatic heterocycles. The van der Waals surface area contributed by atoms with E-state index in [9.17, 15) is 14.9 Å². The van der Waals surface area contributed by atoms with Gasteiger partial charge < -0.3 is 9.47 Å². The van der Waals surface area contributed by atoms with Crippen molar-refractivity contribution in [3.63, 3.8) is 0 Å². The van der Waals surface area contributed by atoms with Gasteiger partial charge in [-0.1, -0.05) is 30.7 Å². The second kappa shape index (κ2) is 7.60. The number of carbonyl (C=O) groups excluding carboxylic acids is 1. The van der Waals surface area contributed by atoms with E-state index >= 15 is 0 Å². The second-order valence-corrected chi connectivity index (χ2v) is 5.00. The molecular formula is C16H14ClNO5. The standard InChI is InChI=1S/C16H14ClNO5/c1-2-11-9-12(7-8-13(11)17)23-16(19)10-22-15-6-4-3-5-14(15)18(20)21/h3-9H,2,10H2,1H3. The van der Waals surface area contributed by atoms with Crippen molar-refractivity contribution in [3.8, 4) is 11.5 Å². The van der Waals surface area contributed by atoms with Crippen LogP contribution < -0.4 is 9.47 Å². The van der Waals surface area contributed by atoms with E-state index in [2.05, 4.69) is 0 Å². The van der Waals surface area contributed by atoms with Gasteiger partial charge in [-0.05, 0) is 36.2 Å². The number of carbonyl (C=O) groups is 1. The van der Waals surface area contributed by atoms with Crippen molar-refractivity contribution >= 4 is 23.3 Å². The number of hydrogen-bond acceptors (Lipinski definition) is 5. The van der Waals surface area contributed by atoms with Gasteiger partial charge in [0.2, 0.25) is 0 Å². The van der Waals surface area contributed by atoms with Gasteiger partial charge in [-0.25, -0.2) is 4.79 Å². The third kappa shape index (κ3) is 4.43. The monoisotopic (exact) mass is 335 g/mol. The molecule has 0 spiro atoms. The van der Waals surface area contributed by atoms with Crippen LogP contribution >= 0.6 is 11.6 Å². The number of halogens is 1. The van der Waals surface area contributed by atoms with Crippen LogP contribution in [0.5, 0.6) is 11.5 Å². The lowest BCUT2D eigenvalue weighted by Gasteiger charge is -2.08. The second-order valence-electron chi connectivity index (χ2n) is 4.59. The van der Waals surface area contributed by atoms with Crippen LogP contribution in [0.1, 0.15) is 12.5 Å². The van der Waals surface area contributed by atoms with Crippen LogP contribution in [0.25, 0.3) is 0 Å². The first-order chi connectivity index (χ1) is 11.0. The first-order valence-corrected chi connectivity index (χ1v) is 7.24. The molecule has 7 heteroatoms. The number of nitro groups is 1. The van der Waals surface area contributed by atoms with E-state index in [1.54, 1.807) is 24.3 Å². The van der Waals surface area contributed by atoms with E-state index in [-0.39, 0.29) is 11.4 Å². The zero-order valence-corrected chi connectivity index (χ0v) is 13.1. The van der Waals surface area contributed by atoms with Crippen LogP contribution in [-0.4, -0.2) is 17.5 Å². The van der Waals surface area contributed by atoms with E-state index in [1.807, 2.05) is 6.92 Å². The number of hydrogen-bond donors (Lipinski definition) is 0. The van der Waals surface area contributed by atoms with E-state index in [0.717, 1.165) is 5.56 Å². The number of benzene rings is 2. The predicted octanol–water partition coefficient (Wildman–Crippen LogP) is 3.80. The van der Waals surface area contributed by atoms with Gasteiger partial charge in [-0.15, -0.1) is 0 Å². The minimum absolute atomic E-state index is 0.0137. The third-order valence-corrected chi connectivity index (χ3v) is 3.41. The fourth-order valence-corrected chi connectivity index (χ4v) is 2.16. The van der Waals surface area contributed by atoms with E-state index in [1.165, 1.54) is 18.2 Å². The number of nitro benzene ring substituents is 1. The maximum atomic E-state index is 11.8. The average Bonchev–Trinajstić information content (AvgIpc) is 2.55. The smallest absolute Gasteiger partial charge is 0.349 e. The average molecular weight is 336 g/mol. The first-order valence-electron chi connectivity index (χ1n) is 6.86. The molecule has 2 rings (SSSR count). The Balaban J connectivity index is 2.00. The number of para-hydroxylation sites is 2. The third-order valence-electron chi connectivity index (χ3n) is 3.04. The Labute approximate surface area is 137 Å². The van der Waals surface area contributed by atoms with E-state index in [0.29, 0.717) is 17.2 Å². The van der Waals surface area contributed by atoms with Crippen molar-refractivity contribution in [2.24, 2.45) is 0 Å². The van der Waals surface area contributed by atoms with Crippen molar-refractivity contribution in [3.05, 3.63) is 63.2 Å². The van der Waals surface area contributed by atoms with Crippen LogP contribution in [0.2, 0.25) is 5.02 Å². The van der Waals surface area contributed by atoms with Gasteiger partial charge in [0.25, 0.3) is 0 Å². The summed E-state index contributed by atoms with van der Waals surface area (Å²) in [5.74, 6) is -0.297. The van der Waals surface area contributed by atoms with Crippen molar-refractivity contribution in [1.82, 2.24) is 0 Å². The fraction of sp³-hybridized carbons (Fsp3) is 0.188. The maximum absolute atomic E-state index is 11.8. The summed E-state index contributed by atoms with van der Waals surface area (Å²) in [5, 5.41) is 11.5. The van der Waals surface area contributed by atoms with Crippen molar-refractivity contribution in [2.75, 3.05) is 6.61 Å². The Morgan fingerprint density at radius 2 is 2.00 bits per heavy atom. The predicted molar refractivity (Wildman–Crippen MR) is 85.1 cm³/mol. The molecule has 0 radical (unpaired) electrons. The Morgan fingerprint density at radius 3 is 2.70 bits per heavy atom. The van der Waals surface area contributed by atoms with Crippen molar-refractivity contribution < 1.29 is 19.2 Å². The quantitative estimate of drug-likeness (QED) is 0.347. The largest absolute Gasteiger partial charge is 0.475 e. The number of aryl methyl sites for hydroxylation is 1. The topological polar surface area (TPSA) is 78.7 Å². The van der Waals surface area contributed by atoms with Crippen LogP contribution in [-0.2, 0) is 11.2 Å². The Bertz CT molecular complexity index is 732. The molecule has 0 aliphatic carbocycles. The summed E-state index contributed by atoms with van der Waals surface area (Å²) in [5.41, 5.74) is 0.650. The van der Waals surface area contributed by atoms with Gasteiger partial charge in [0.05, 0.1) is 4.92 Å². The summed E-state index contributed by atoms with van der Waals surface area (Å²) in [6.45, 7) is 1.50. The summed E-state index contributed by atoms with van der Waals surface area (Å²) >= 11 is 5.99. The minimum atomic E-state index is -0.660. The van der Waals surface area contributed by atoms with E-state index in [4.69, 9.17) is 21.1 Å². The molecule has 120 valence electrons. The molecule has 0 saturated heterocycles. The van der Waals surface area contributed by atoms with Gasteiger partial charge in [0.1, 0.15) is 5.75 Å². The molecule has 0 fully saturated rings. The lowest BCUT2D eigenvalue weighted by atomic mass is 10.1. The van der Waals surface area contributed by atoms with Crippen LogP contribution in [0.4, 0.5) is 5.69 Å². The summed E-state index contributed by atoms with van der Waals surface area (Å²) in [6.07, 6.45) is 0.705. The number of nitrogens with zero attached hydrogens (tertiary/aromatic N) is 1. The highest BCUT2D eigenvalue weighted by atomic mass is 35.5. The maximum Gasteiger partial charge on any atom is 0.349 e. The summed E-state index contributed by atoms with van der Waals surface area (Å²) in [4.78, 5) is 22.1. The van der Waals surface area contributed by atoms with Crippen LogP contribution in [0, 0.1) is 10.1 Å². The fourth-order valence-electron chi connectivity index (χ4n) is 1.91. The van der Waals surface area contributed by atoms with Gasteiger partial charge in [0, 0.05) is 11.1 Å². The van der Waals surface area contributed by atoms with Crippen molar-refractivity contribution in [2.45, 2.75) is 13.3 Å². The Morgan fingerprint density at radius 1 is 1.26 bits per heavy atom. The van der Waals surface area contributed by atoms with Gasteiger partial charge in [0.15, 0.2) is 12.4 Å². The zero-order valence-electron chi connectivity index (χ0n) is 12.3. The van der Waals surface area contributed by atoms with Crippen LogP contribution in [0.15, 0.2) is 42.5 Å². The molecular weight excluding hydrogens is 322 g/mol. The minimum Gasteiger partial charge on any atom is -0.475 e. The lowest BCUT2D eigenvalue weighted by Crippen LogP contribution is -2.18. The first kappa shape index (κ1) is 16.8. The van der Waals surface area contributed by atoms with Gasteiger partial charge in [-0.2, -0.15) is 0 Å². The highest BCUT2D eigenvalue weighted by molar-refractivity contribution is 6.31. The molecule has 2 aromatic carbocycles. The number of esters is 1. The molecule has 6 nitrogen and oxygen atoms in total. The lowest BCUT2D eigenvalue weighted by molar-refractivity contribution is -0.385. The summed E-state index contributed by atoms with van der Waals surface area (Å²) in [6, 6.07) is 10.7. The molecule has 0 bridgehead atoms. The van der Waals surface area contributed by atoms with Crippen LogP contribution in [0.3, 0.4) is 0 Å². The summed E-state index contributed by atoms with van der Waals surface area (Å²) < 4.78 is 10.3. The molecule has 0 aromatic heterocycles. The molecule has 0 heterocycles. The van der Waals surface area contributed by atoms with Gasteiger partial charge >= 0.3 is 11.7 Å². The molecule has 0 amide bonds. The molecule has 0 N–H and O–H groups in total. The summed E-state index contributed by atoms with van der Waals surface area (Å²) in [7, 11) is 0. The highest BCUT2D eigenvalue weighted by Crippen LogP contribution is 2.26. The molecule has 0 saturated carbocycles. The van der Waals surface area contributed by atoms with E-state index < -0.39 is 17.5 Å². The van der Waals surface area contributed by atoms with Crippen molar-refractivity contribution in [1.29, 1.82) is 0 Å². The molecule has 0 atom stereocenters. The number of ether oxygens (including phenoxy) is 2. The molecule has 23 heavy (non-hydrogen) atoms. The van der Waals surface area contributed by atoms with Gasteiger partial charge in [-0.3, -0.25) is 10.1 Å². The normalized spacial score (nSPS) is 10.2. The molecule has 0 aliphatic rings. The number of rotatable bonds is 6. The molecule has 0 unspecified atom stereocenters. The molecule has 2 aromatic rings. The SMILES string of the molecule is CCc1cc(OC(=O)COc2ccccc2[N+](=O)[O-])ccc1Cl. The Hall–Kier alpha value is -2.60. The Kier molecular flexibility index (Phi) is 5.54. The highest BCUT2D eigenvalue weighted by Gasteiger charge is 2.15. The zero-order chi connectivity index (χ0) is 16.8.